The minimum absolute atomic E-state index is 1.37. The Labute approximate surface area is 105 Å². The molecule has 0 aliphatic heterocycles. The predicted molar refractivity (Wildman–Crippen MR) is 60.3 cm³/mol. The van der Waals surface area contributed by atoms with E-state index in [4.69, 9.17) is 10.2 Å². The van der Waals surface area contributed by atoms with Crippen molar-refractivity contribution < 1.29 is 29.5 Å². The van der Waals surface area contributed by atoms with E-state index in [0.29, 0.717) is 0 Å². The molecule has 0 spiro atoms. The van der Waals surface area contributed by atoms with Crippen molar-refractivity contribution in [1.29, 1.82) is 0 Å². The second kappa shape index (κ2) is 9.77. The van der Waals surface area contributed by atoms with E-state index in [-0.39, 0.29) is 0 Å². The third-order valence-electron chi connectivity index (χ3n) is 2.51. The second-order valence-corrected chi connectivity index (χ2v) is 3.88. The minimum atomic E-state index is -2.11. The molecule has 18 heavy (non-hydrogen) atoms. The molecule has 1 saturated carbocycles. The van der Waals surface area contributed by atoms with Gasteiger partial charge in [0.25, 0.3) is 0 Å². The van der Waals surface area contributed by atoms with Crippen LogP contribution in [-0.4, -0.2) is 34.4 Å². The maximum absolute atomic E-state index is 10.4. The normalized spacial score (nSPS) is 17.8. The Morgan fingerprint density at radius 1 is 0.778 bits per heavy atom. The van der Waals surface area contributed by atoms with E-state index >= 15 is 0 Å². The monoisotopic (exact) mass is 264 g/mol. The summed E-state index contributed by atoms with van der Waals surface area (Å²) in [5.41, 5.74) is 0. The van der Waals surface area contributed by atoms with Crippen LogP contribution in [0.2, 0.25) is 0 Å². The molecule has 106 valence electrons. The van der Waals surface area contributed by atoms with Gasteiger partial charge in [0, 0.05) is 0 Å². The number of aliphatic hydroxyl groups is 2. The van der Waals surface area contributed by atoms with Gasteiger partial charge in [-0.15, -0.1) is 0 Å². The third-order valence-corrected chi connectivity index (χ3v) is 2.51. The smallest absolute Gasteiger partial charge is 0.356 e. The van der Waals surface area contributed by atoms with E-state index in [1.807, 2.05) is 0 Å². The van der Waals surface area contributed by atoms with Crippen molar-refractivity contribution >= 4 is 11.9 Å². The molecule has 8 nitrogen and oxygen atoms in total. The molecule has 8 heteroatoms. The number of aliphatic hydroxyl groups excluding tert-OH is 2. The standard InChI is InChI=1S/C6H12.C4H8N2O6/c1-2-4-6-5-3-1;5-11-3(9)1(7)2(8)4(10)12-6/h1-6H2;1-2,7-8H,5-6H2. The first-order chi connectivity index (χ1) is 8.54. The van der Waals surface area contributed by atoms with Crippen molar-refractivity contribution in [1.82, 2.24) is 0 Å². The molecule has 0 aromatic heterocycles. The summed E-state index contributed by atoms with van der Waals surface area (Å²) in [6.07, 6.45) is 4.79. The largest absolute Gasteiger partial charge is 0.379 e. The Hall–Kier alpha value is -1.22. The van der Waals surface area contributed by atoms with Gasteiger partial charge >= 0.3 is 11.9 Å². The molecule has 6 N–H and O–H groups in total. The highest BCUT2D eigenvalue weighted by molar-refractivity contribution is 5.84. The van der Waals surface area contributed by atoms with Crippen LogP contribution in [0.4, 0.5) is 0 Å². The first-order valence-electron chi connectivity index (χ1n) is 5.71. The van der Waals surface area contributed by atoms with Gasteiger partial charge in [-0.25, -0.2) is 9.59 Å². The van der Waals surface area contributed by atoms with Gasteiger partial charge in [0.2, 0.25) is 0 Å². The second-order valence-electron chi connectivity index (χ2n) is 3.88. The zero-order valence-corrected chi connectivity index (χ0v) is 10.1. The Morgan fingerprint density at radius 2 is 1.00 bits per heavy atom. The van der Waals surface area contributed by atoms with Gasteiger partial charge in [0.05, 0.1) is 0 Å². The molecular formula is C10H20N2O6. The lowest BCUT2D eigenvalue weighted by molar-refractivity contribution is -0.173. The van der Waals surface area contributed by atoms with Crippen molar-refractivity contribution in [3.05, 3.63) is 0 Å². The predicted octanol–water partition coefficient (Wildman–Crippen LogP) is -1.12. The summed E-state index contributed by atoms with van der Waals surface area (Å²) >= 11 is 0. The van der Waals surface area contributed by atoms with E-state index in [1.165, 1.54) is 38.5 Å². The van der Waals surface area contributed by atoms with Crippen molar-refractivity contribution in [2.75, 3.05) is 0 Å². The lowest BCUT2D eigenvalue weighted by atomic mass is 10.0. The van der Waals surface area contributed by atoms with Crippen LogP contribution < -0.4 is 11.8 Å². The molecule has 2 unspecified atom stereocenters. The zero-order chi connectivity index (χ0) is 14.0. The van der Waals surface area contributed by atoms with Crippen LogP contribution in [0.5, 0.6) is 0 Å². The molecule has 0 aromatic rings. The summed E-state index contributed by atoms with van der Waals surface area (Å²) in [6, 6.07) is 0. The Morgan fingerprint density at radius 3 is 1.17 bits per heavy atom. The molecule has 0 amide bonds. The third kappa shape index (κ3) is 6.50. The molecule has 0 bridgehead atoms. The summed E-state index contributed by atoms with van der Waals surface area (Å²) in [6.45, 7) is 0. The van der Waals surface area contributed by atoms with Crippen molar-refractivity contribution in [3.8, 4) is 0 Å². The summed E-state index contributed by atoms with van der Waals surface area (Å²) in [4.78, 5) is 27.8. The van der Waals surface area contributed by atoms with Gasteiger partial charge in [-0.05, 0) is 0 Å². The molecule has 0 heterocycles. The highest BCUT2D eigenvalue weighted by Crippen LogP contribution is 2.15. The number of rotatable bonds is 3. The minimum Gasteiger partial charge on any atom is -0.379 e. The summed E-state index contributed by atoms with van der Waals surface area (Å²) in [5.74, 6) is 5.96. The van der Waals surface area contributed by atoms with Crippen molar-refractivity contribution in [2.24, 2.45) is 11.8 Å². The van der Waals surface area contributed by atoms with Crippen LogP contribution in [0.3, 0.4) is 0 Å². The van der Waals surface area contributed by atoms with Crippen LogP contribution in [0.1, 0.15) is 38.5 Å². The quantitative estimate of drug-likeness (QED) is 0.469. The van der Waals surface area contributed by atoms with Crippen LogP contribution in [-0.2, 0) is 19.3 Å². The summed E-state index contributed by atoms with van der Waals surface area (Å²) < 4.78 is 0. The number of nitrogens with two attached hydrogens (primary N) is 2. The highest BCUT2D eigenvalue weighted by atomic mass is 16.7. The average Bonchev–Trinajstić information content (AvgIpc) is 2.46. The number of hydrogen-bond acceptors (Lipinski definition) is 8. The van der Waals surface area contributed by atoms with Gasteiger partial charge in [-0.2, -0.15) is 11.8 Å². The molecule has 1 aliphatic carbocycles. The lowest BCUT2D eigenvalue weighted by Gasteiger charge is -2.11. The molecular weight excluding hydrogens is 244 g/mol. The first kappa shape index (κ1) is 16.8. The fraction of sp³-hybridized carbons (Fsp3) is 0.800. The number of carbonyl (C=O) groups excluding carboxylic acids is 2. The SMILES string of the molecule is C1CCCCC1.NOC(=O)C(O)C(O)C(=O)ON. The molecule has 1 fully saturated rings. The molecule has 1 rings (SSSR count). The Kier molecular flexibility index (Phi) is 9.11. The van der Waals surface area contributed by atoms with Crippen LogP contribution in [0.25, 0.3) is 0 Å². The van der Waals surface area contributed by atoms with Crippen molar-refractivity contribution in [3.63, 3.8) is 0 Å². The van der Waals surface area contributed by atoms with E-state index in [1.54, 1.807) is 0 Å². The molecule has 1 aliphatic rings. The highest BCUT2D eigenvalue weighted by Gasteiger charge is 2.32. The van der Waals surface area contributed by atoms with Crippen LogP contribution >= 0.6 is 0 Å². The maximum Gasteiger partial charge on any atom is 0.356 e. The van der Waals surface area contributed by atoms with Crippen LogP contribution in [0, 0.1) is 0 Å². The Bertz CT molecular complexity index is 225. The molecule has 0 radical (unpaired) electrons. The number of carbonyl (C=O) groups is 2. The maximum atomic E-state index is 10.4. The summed E-state index contributed by atoms with van der Waals surface area (Å²) in [7, 11) is 0. The topological polar surface area (TPSA) is 145 Å². The number of hydrogen-bond donors (Lipinski definition) is 4. The van der Waals surface area contributed by atoms with E-state index < -0.39 is 24.1 Å². The van der Waals surface area contributed by atoms with Gasteiger partial charge in [-0.1, -0.05) is 38.5 Å². The summed E-state index contributed by atoms with van der Waals surface area (Å²) in [5, 5.41) is 17.5. The van der Waals surface area contributed by atoms with E-state index in [2.05, 4.69) is 21.5 Å². The zero-order valence-electron chi connectivity index (χ0n) is 10.1. The molecule has 2 atom stereocenters. The first-order valence-corrected chi connectivity index (χ1v) is 5.71. The lowest BCUT2D eigenvalue weighted by Crippen LogP contribution is -2.43. The molecule has 0 aromatic carbocycles. The van der Waals surface area contributed by atoms with Gasteiger partial charge in [-0.3, -0.25) is 0 Å². The molecule has 0 saturated heterocycles. The van der Waals surface area contributed by atoms with E-state index in [9.17, 15) is 9.59 Å². The Balaban J connectivity index is 0.000000397. The van der Waals surface area contributed by atoms with Gasteiger partial charge < -0.3 is 19.9 Å². The van der Waals surface area contributed by atoms with Gasteiger partial charge in [0.15, 0.2) is 12.2 Å². The van der Waals surface area contributed by atoms with Crippen molar-refractivity contribution in [2.45, 2.75) is 50.7 Å². The fourth-order valence-electron chi connectivity index (χ4n) is 1.46. The van der Waals surface area contributed by atoms with Gasteiger partial charge in [0.1, 0.15) is 0 Å². The van der Waals surface area contributed by atoms with Crippen LogP contribution in [0.15, 0.2) is 0 Å². The fourth-order valence-corrected chi connectivity index (χ4v) is 1.46. The average molecular weight is 264 g/mol. The van der Waals surface area contributed by atoms with E-state index in [0.717, 1.165) is 0 Å².